The average Bonchev–Trinajstić information content (AvgIpc) is 2.53. The summed E-state index contributed by atoms with van der Waals surface area (Å²) in [5, 5.41) is 6.55. The Hall–Kier alpha value is -1.54. The smallest absolute Gasteiger partial charge is 0.407 e. The average molecular weight is 431 g/mol. The van der Waals surface area contributed by atoms with Gasteiger partial charge in [-0.15, -0.1) is 0 Å². The lowest BCUT2D eigenvalue weighted by Gasteiger charge is -2.34. The molecule has 0 aromatic heterocycles. The van der Waals surface area contributed by atoms with Crippen LogP contribution in [-0.4, -0.2) is 73.2 Å². The van der Waals surface area contributed by atoms with Gasteiger partial charge in [0.25, 0.3) is 0 Å². The molecule has 156 valence electrons. The summed E-state index contributed by atoms with van der Waals surface area (Å²) in [5.74, 6) is -0.0987. The second-order valence-corrected chi connectivity index (χ2v) is 8.63. The quantitative estimate of drug-likeness (QED) is 0.725. The van der Waals surface area contributed by atoms with Crippen molar-refractivity contribution in [3.8, 4) is 0 Å². The standard InChI is InChI=1S/C19H28Cl2N4O3/c1-19(2,3)28-18(27)22-4-5-24-6-8-25(9-7-24)13-17(26)23-16-11-14(20)10-15(21)12-16/h10-12H,4-9,13H2,1-3H3,(H,22,27)(H,23,26). The lowest BCUT2D eigenvalue weighted by Crippen LogP contribution is -2.50. The molecule has 1 aromatic rings. The minimum Gasteiger partial charge on any atom is -0.444 e. The van der Waals surface area contributed by atoms with E-state index in [1.165, 1.54) is 0 Å². The number of carbonyl (C=O) groups excluding carboxylic acids is 2. The molecule has 0 saturated carbocycles. The van der Waals surface area contributed by atoms with Crippen molar-refractivity contribution in [2.75, 3.05) is 51.1 Å². The number of halogens is 2. The predicted molar refractivity (Wildman–Crippen MR) is 112 cm³/mol. The molecule has 0 bridgehead atoms. The van der Waals surface area contributed by atoms with Gasteiger partial charge >= 0.3 is 6.09 Å². The molecule has 0 aliphatic carbocycles. The van der Waals surface area contributed by atoms with Gasteiger partial charge in [-0.3, -0.25) is 14.6 Å². The van der Waals surface area contributed by atoms with Crippen LogP contribution in [0.25, 0.3) is 0 Å². The Bertz CT molecular complexity index is 666. The first-order valence-electron chi connectivity index (χ1n) is 9.28. The Morgan fingerprint density at radius 1 is 1.04 bits per heavy atom. The van der Waals surface area contributed by atoms with Crippen molar-refractivity contribution in [2.24, 2.45) is 0 Å². The Labute approximate surface area is 176 Å². The number of ether oxygens (including phenoxy) is 1. The van der Waals surface area contributed by atoms with E-state index in [0.29, 0.717) is 28.8 Å². The number of alkyl carbamates (subject to hydrolysis) is 1. The molecular weight excluding hydrogens is 403 g/mol. The zero-order chi connectivity index (χ0) is 20.7. The summed E-state index contributed by atoms with van der Waals surface area (Å²) in [6.07, 6.45) is -0.399. The number of nitrogens with one attached hydrogen (secondary N) is 2. The molecule has 1 heterocycles. The second kappa shape index (κ2) is 10.3. The molecule has 7 nitrogen and oxygen atoms in total. The van der Waals surface area contributed by atoms with E-state index in [-0.39, 0.29) is 5.91 Å². The van der Waals surface area contributed by atoms with Gasteiger partial charge in [0.15, 0.2) is 0 Å². The van der Waals surface area contributed by atoms with Gasteiger partial charge in [-0.1, -0.05) is 23.2 Å². The summed E-state index contributed by atoms with van der Waals surface area (Å²) in [5.41, 5.74) is 0.0986. The monoisotopic (exact) mass is 430 g/mol. The van der Waals surface area contributed by atoms with Crippen LogP contribution in [0.1, 0.15) is 20.8 Å². The maximum atomic E-state index is 12.2. The number of hydrogen-bond acceptors (Lipinski definition) is 5. The number of piperazine rings is 1. The van der Waals surface area contributed by atoms with E-state index >= 15 is 0 Å². The molecule has 0 atom stereocenters. The van der Waals surface area contributed by atoms with Gasteiger partial charge in [0, 0.05) is 55.0 Å². The number of carbonyl (C=O) groups is 2. The van der Waals surface area contributed by atoms with E-state index in [0.717, 1.165) is 32.7 Å². The molecule has 0 spiro atoms. The molecule has 28 heavy (non-hydrogen) atoms. The van der Waals surface area contributed by atoms with Crippen molar-refractivity contribution in [1.29, 1.82) is 0 Å². The van der Waals surface area contributed by atoms with Crippen molar-refractivity contribution < 1.29 is 14.3 Å². The fourth-order valence-electron chi connectivity index (χ4n) is 2.83. The summed E-state index contributed by atoms with van der Waals surface area (Å²) >= 11 is 11.9. The summed E-state index contributed by atoms with van der Waals surface area (Å²) in [7, 11) is 0. The molecular formula is C19H28Cl2N4O3. The number of rotatable bonds is 6. The Morgan fingerprint density at radius 3 is 2.18 bits per heavy atom. The number of amides is 2. The van der Waals surface area contributed by atoms with E-state index in [2.05, 4.69) is 20.4 Å². The van der Waals surface area contributed by atoms with Crippen molar-refractivity contribution in [1.82, 2.24) is 15.1 Å². The Morgan fingerprint density at radius 2 is 1.61 bits per heavy atom. The molecule has 2 N–H and O–H groups in total. The number of hydrogen-bond donors (Lipinski definition) is 2. The maximum Gasteiger partial charge on any atom is 0.407 e. The normalized spacial score (nSPS) is 15.9. The number of nitrogens with zero attached hydrogens (tertiary/aromatic N) is 2. The van der Waals surface area contributed by atoms with Crippen molar-refractivity contribution in [2.45, 2.75) is 26.4 Å². The molecule has 2 amide bonds. The lowest BCUT2D eigenvalue weighted by molar-refractivity contribution is -0.117. The molecule has 1 aliphatic heterocycles. The van der Waals surface area contributed by atoms with Gasteiger partial charge in [-0.25, -0.2) is 4.79 Å². The third-order valence-electron chi connectivity index (χ3n) is 4.07. The van der Waals surface area contributed by atoms with Gasteiger partial charge in [0.05, 0.1) is 6.54 Å². The van der Waals surface area contributed by atoms with Crippen LogP contribution < -0.4 is 10.6 Å². The van der Waals surface area contributed by atoms with Crippen LogP contribution >= 0.6 is 23.2 Å². The van der Waals surface area contributed by atoms with Gasteiger partial charge in [-0.2, -0.15) is 0 Å². The highest BCUT2D eigenvalue weighted by Crippen LogP contribution is 2.22. The zero-order valence-corrected chi connectivity index (χ0v) is 18.1. The summed E-state index contributed by atoms with van der Waals surface area (Å²) in [6, 6.07) is 4.96. The fraction of sp³-hybridized carbons (Fsp3) is 0.579. The number of anilines is 1. The first-order chi connectivity index (χ1) is 13.1. The van der Waals surface area contributed by atoms with Crippen molar-refractivity contribution in [3.63, 3.8) is 0 Å². The first-order valence-corrected chi connectivity index (χ1v) is 10.0. The molecule has 0 radical (unpaired) electrons. The number of benzene rings is 1. The Kier molecular flexibility index (Phi) is 8.37. The first kappa shape index (κ1) is 22.7. The molecule has 1 saturated heterocycles. The SMILES string of the molecule is CC(C)(C)OC(=O)NCCN1CCN(CC(=O)Nc2cc(Cl)cc(Cl)c2)CC1. The van der Waals surface area contributed by atoms with E-state index in [9.17, 15) is 9.59 Å². The molecule has 1 aromatic carbocycles. The minimum absolute atomic E-state index is 0.0987. The Balaban J connectivity index is 1.65. The summed E-state index contributed by atoms with van der Waals surface area (Å²) in [4.78, 5) is 28.2. The van der Waals surface area contributed by atoms with Crippen LogP contribution in [0.3, 0.4) is 0 Å². The third-order valence-corrected chi connectivity index (χ3v) is 4.51. The van der Waals surface area contributed by atoms with E-state index < -0.39 is 11.7 Å². The summed E-state index contributed by atoms with van der Waals surface area (Å²) < 4.78 is 5.21. The molecule has 1 aliphatic rings. The van der Waals surface area contributed by atoms with Crippen LogP contribution in [0.4, 0.5) is 10.5 Å². The van der Waals surface area contributed by atoms with E-state index in [1.807, 2.05) is 20.8 Å². The zero-order valence-electron chi connectivity index (χ0n) is 16.6. The lowest BCUT2D eigenvalue weighted by atomic mass is 10.2. The highest BCUT2D eigenvalue weighted by Gasteiger charge is 2.20. The minimum atomic E-state index is -0.493. The highest BCUT2D eigenvalue weighted by atomic mass is 35.5. The van der Waals surface area contributed by atoms with Gasteiger partial charge < -0.3 is 15.4 Å². The largest absolute Gasteiger partial charge is 0.444 e. The van der Waals surface area contributed by atoms with Crippen LogP contribution in [0.15, 0.2) is 18.2 Å². The third kappa shape index (κ3) is 8.65. The molecule has 2 rings (SSSR count). The predicted octanol–water partition coefficient (Wildman–Crippen LogP) is 3.07. The molecule has 0 unspecified atom stereocenters. The summed E-state index contributed by atoms with van der Waals surface area (Å²) in [6.45, 7) is 10.4. The maximum absolute atomic E-state index is 12.2. The second-order valence-electron chi connectivity index (χ2n) is 7.75. The molecule has 9 heteroatoms. The van der Waals surface area contributed by atoms with Crippen LogP contribution in [0.5, 0.6) is 0 Å². The van der Waals surface area contributed by atoms with Gasteiger partial charge in [0.2, 0.25) is 5.91 Å². The topological polar surface area (TPSA) is 73.9 Å². The van der Waals surface area contributed by atoms with E-state index in [4.69, 9.17) is 27.9 Å². The van der Waals surface area contributed by atoms with Crippen molar-refractivity contribution >= 4 is 40.9 Å². The van der Waals surface area contributed by atoms with Gasteiger partial charge in [-0.05, 0) is 39.0 Å². The van der Waals surface area contributed by atoms with E-state index in [1.54, 1.807) is 18.2 Å². The van der Waals surface area contributed by atoms with Crippen LogP contribution in [-0.2, 0) is 9.53 Å². The highest BCUT2D eigenvalue weighted by molar-refractivity contribution is 6.35. The van der Waals surface area contributed by atoms with Crippen LogP contribution in [0.2, 0.25) is 10.0 Å². The molecule has 1 fully saturated rings. The van der Waals surface area contributed by atoms with Gasteiger partial charge in [0.1, 0.15) is 5.60 Å². The van der Waals surface area contributed by atoms with Crippen LogP contribution in [0, 0.1) is 0 Å². The fourth-order valence-corrected chi connectivity index (χ4v) is 3.36. The van der Waals surface area contributed by atoms with Crippen molar-refractivity contribution in [3.05, 3.63) is 28.2 Å².